The second kappa shape index (κ2) is 7.23. The van der Waals surface area contributed by atoms with Gasteiger partial charge in [0.1, 0.15) is 9.39 Å². The van der Waals surface area contributed by atoms with E-state index in [1.807, 2.05) is 22.6 Å². The quantitative estimate of drug-likeness (QED) is 0.610. The van der Waals surface area contributed by atoms with E-state index in [2.05, 4.69) is 27.1 Å². The van der Waals surface area contributed by atoms with Crippen molar-refractivity contribution in [2.24, 2.45) is 0 Å². The van der Waals surface area contributed by atoms with Crippen molar-refractivity contribution < 1.29 is 0 Å². The minimum Gasteiger partial charge on any atom is -0.369 e. The summed E-state index contributed by atoms with van der Waals surface area (Å²) in [6, 6.07) is 0.714. The monoisotopic (exact) mass is 376 g/mol. The SMILES string of the molecule is CC1CCCCN1CCCNc1nc[nH]c(=O)c1I. The molecule has 1 fully saturated rings. The summed E-state index contributed by atoms with van der Waals surface area (Å²) in [6.07, 6.45) is 6.53. The van der Waals surface area contributed by atoms with Gasteiger partial charge in [0.2, 0.25) is 0 Å². The Hall–Kier alpha value is -0.630. The van der Waals surface area contributed by atoms with Crippen molar-refractivity contribution in [3.8, 4) is 0 Å². The molecule has 0 saturated carbocycles. The van der Waals surface area contributed by atoms with Crippen molar-refractivity contribution >= 4 is 28.4 Å². The summed E-state index contributed by atoms with van der Waals surface area (Å²) in [7, 11) is 0. The van der Waals surface area contributed by atoms with E-state index in [1.165, 1.54) is 32.1 Å². The first-order chi connectivity index (χ1) is 9.18. The second-order valence-corrected chi connectivity index (χ2v) is 6.13. The fraction of sp³-hybridized carbons (Fsp3) is 0.692. The highest BCUT2D eigenvalue weighted by Crippen LogP contribution is 2.16. The lowest BCUT2D eigenvalue weighted by atomic mass is 10.0. The molecular weight excluding hydrogens is 355 g/mol. The zero-order valence-corrected chi connectivity index (χ0v) is 13.4. The standard InChI is InChI=1S/C13H21IN4O/c1-10-5-2-3-7-18(10)8-4-6-15-12-11(14)13(19)17-9-16-12/h9-10H,2-8H2,1H3,(H2,15,16,17,19). The second-order valence-electron chi connectivity index (χ2n) is 5.06. The highest BCUT2D eigenvalue weighted by Gasteiger charge is 2.17. The molecule has 1 aromatic rings. The van der Waals surface area contributed by atoms with E-state index >= 15 is 0 Å². The number of aromatic amines is 1. The van der Waals surface area contributed by atoms with Crippen LogP contribution < -0.4 is 10.9 Å². The van der Waals surface area contributed by atoms with E-state index < -0.39 is 0 Å². The number of rotatable bonds is 5. The molecule has 5 nitrogen and oxygen atoms in total. The largest absolute Gasteiger partial charge is 0.369 e. The molecule has 0 spiro atoms. The number of nitrogens with zero attached hydrogens (tertiary/aromatic N) is 2. The lowest BCUT2D eigenvalue weighted by Crippen LogP contribution is -2.38. The fourth-order valence-electron chi connectivity index (χ4n) is 2.49. The Morgan fingerprint density at radius 3 is 3.21 bits per heavy atom. The maximum atomic E-state index is 11.4. The minimum absolute atomic E-state index is 0.0808. The van der Waals surface area contributed by atoms with Crippen molar-refractivity contribution in [2.75, 3.05) is 25.0 Å². The molecule has 0 bridgehead atoms. The summed E-state index contributed by atoms with van der Waals surface area (Å²) in [5.41, 5.74) is -0.0808. The van der Waals surface area contributed by atoms with Gasteiger partial charge in [-0.15, -0.1) is 0 Å². The van der Waals surface area contributed by atoms with Gasteiger partial charge < -0.3 is 15.2 Å². The van der Waals surface area contributed by atoms with Gasteiger partial charge in [0, 0.05) is 19.1 Å². The maximum absolute atomic E-state index is 11.4. The molecule has 1 saturated heterocycles. The van der Waals surface area contributed by atoms with Crippen LogP contribution in [0, 0.1) is 3.57 Å². The molecule has 0 radical (unpaired) electrons. The van der Waals surface area contributed by atoms with Crippen molar-refractivity contribution in [3.63, 3.8) is 0 Å². The first-order valence-corrected chi connectivity index (χ1v) is 7.97. The van der Waals surface area contributed by atoms with Gasteiger partial charge in [-0.3, -0.25) is 4.79 Å². The molecule has 0 aliphatic carbocycles. The summed E-state index contributed by atoms with van der Waals surface area (Å²) in [5.74, 6) is 0.691. The van der Waals surface area contributed by atoms with Gasteiger partial charge in [-0.2, -0.15) is 0 Å². The van der Waals surface area contributed by atoms with Crippen LogP contribution in [0.15, 0.2) is 11.1 Å². The predicted octanol–water partition coefficient (Wildman–Crippen LogP) is 2.05. The summed E-state index contributed by atoms with van der Waals surface area (Å²) in [6.45, 7) is 5.51. The Labute approximate surface area is 127 Å². The Morgan fingerprint density at radius 2 is 2.42 bits per heavy atom. The molecule has 1 unspecified atom stereocenters. The van der Waals surface area contributed by atoms with Crippen molar-refractivity contribution in [1.82, 2.24) is 14.9 Å². The number of hydrogen-bond acceptors (Lipinski definition) is 4. The first kappa shape index (κ1) is 14.8. The third kappa shape index (κ3) is 4.17. The van der Waals surface area contributed by atoms with Gasteiger partial charge in [0.25, 0.3) is 5.56 Å². The van der Waals surface area contributed by atoms with E-state index in [1.54, 1.807) is 0 Å². The number of hydrogen-bond donors (Lipinski definition) is 2. The summed E-state index contributed by atoms with van der Waals surface area (Å²) >= 11 is 2.02. The topological polar surface area (TPSA) is 61.0 Å². The zero-order valence-electron chi connectivity index (χ0n) is 11.3. The normalized spacial score (nSPS) is 20.4. The van der Waals surface area contributed by atoms with Gasteiger partial charge in [-0.1, -0.05) is 6.42 Å². The Kier molecular flexibility index (Phi) is 5.62. The first-order valence-electron chi connectivity index (χ1n) is 6.89. The number of H-pyrrole nitrogens is 1. The van der Waals surface area contributed by atoms with Crippen LogP contribution in [0.4, 0.5) is 5.82 Å². The van der Waals surface area contributed by atoms with Gasteiger partial charge in [0.15, 0.2) is 0 Å². The maximum Gasteiger partial charge on any atom is 0.266 e. The highest BCUT2D eigenvalue weighted by molar-refractivity contribution is 14.1. The van der Waals surface area contributed by atoms with Crippen LogP contribution in [0.25, 0.3) is 0 Å². The molecule has 2 N–H and O–H groups in total. The molecule has 1 aliphatic heterocycles. The number of halogens is 1. The molecule has 1 atom stereocenters. The molecule has 2 rings (SSSR count). The third-order valence-electron chi connectivity index (χ3n) is 3.65. The van der Waals surface area contributed by atoms with E-state index in [4.69, 9.17) is 0 Å². The van der Waals surface area contributed by atoms with E-state index in [0.29, 0.717) is 15.4 Å². The fourth-order valence-corrected chi connectivity index (χ4v) is 2.97. The number of anilines is 1. The van der Waals surface area contributed by atoms with Crippen LogP contribution in [-0.4, -0.2) is 40.5 Å². The van der Waals surface area contributed by atoms with Crippen molar-refractivity contribution in [1.29, 1.82) is 0 Å². The molecule has 19 heavy (non-hydrogen) atoms. The van der Waals surface area contributed by atoms with Crippen LogP contribution in [-0.2, 0) is 0 Å². The van der Waals surface area contributed by atoms with Gasteiger partial charge >= 0.3 is 0 Å². The van der Waals surface area contributed by atoms with Crippen LogP contribution in [0.3, 0.4) is 0 Å². The molecular formula is C13H21IN4O. The zero-order chi connectivity index (χ0) is 13.7. The Morgan fingerprint density at radius 1 is 1.58 bits per heavy atom. The molecule has 0 amide bonds. The Balaban J connectivity index is 1.74. The molecule has 106 valence electrons. The van der Waals surface area contributed by atoms with Gasteiger partial charge in [-0.25, -0.2) is 4.98 Å². The van der Waals surface area contributed by atoms with Gasteiger partial charge in [0.05, 0.1) is 6.33 Å². The van der Waals surface area contributed by atoms with E-state index in [0.717, 1.165) is 19.5 Å². The Bertz CT molecular complexity index is 462. The molecule has 0 aromatic carbocycles. The average molecular weight is 376 g/mol. The molecule has 2 heterocycles. The summed E-state index contributed by atoms with van der Waals surface area (Å²) in [5, 5.41) is 3.24. The molecule has 1 aliphatic rings. The predicted molar refractivity (Wildman–Crippen MR) is 85.6 cm³/mol. The summed E-state index contributed by atoms with van der Waals surface area (Å²) in [4.78, 5) is 20.7. The lowest BCUT2D eigenvalue weighted by molar-refractivity contribution is 0.160. The van der Waals surface area contributed by atoms with E-state index in [-0.39, 0.29) is 5.56 Å². The number of aromatic nitrogens is 2. The molecule has 1 aromatic heterocycles. The van der Waals surface area contributed by atoms with Crippen molar-refractivity contribution in [3.05, 3.63) is 20.3 Å². The summed E-state index contributed by atoms with van der Waals surface area (Å²) < 4.78 is 0.631. The highest BCUT2D eigenvalue weighted by atomic mass is 127. The van der Waals surface area contributed by atoms with Gasteiger partial charge in [-0.05, 0) is 55.3 Å². The number of nitrogens with one attached hydrogen (secondary N) is 2. The smallest absolute Gasteiger partial charge is 0.266 e. The lowest BCUT2D eigenvalue weighted by Gasteiger charge is -2.33. The van der Waals surface area contributed by atoms with E-state index in [9.17, 15) is 4.79 Å². The van der Waals surface area contributed by atoms with Crippen LogP contribution >= 0.6 is 22.6 Å². The van der Waals surface area contributed by atoms with Crippen LogP contribution in [0.1, 0.15) is 32.6 Å². The average Bonchev–Trinajstić information content (AvgIpc) is 2.41. The van der Waals surface area contributed by atoms with Crippen LogP contribution in [0.5, 0.6) is 0 Å². The number of piperidine rings is 1. The number of likely N-dealkylation sites (tertiary alicyclic amines) is 1. The van der Waals surface area contributed by atoms with Crippen LogP contribution in [0.2, 0.25) is 0 Å². The third-order valence-corrected chi connectivity index (χ3v) is 4.65. The minimum atomic E-state index is -0.0808. The van der Waals surface area contributed by atoms with Crippen molar-refractivity contribution in [2.45, 2.75) is 38.6 Å². The molecule has 6 heteroatoms.